The fourth-order valence-electron chi connectivity index (χ4n) is 3.19. The number of hydrogen-bond acceptors (Lipinski definition) is 1. The number of aryl methyl sites for hydroxylation is 2. The number of aromatic nitrogens is 1. The maximum atomic E-state index is 4.98. The number of pyridine rings is 1. The number of rotatable bonds is 6. The molecule has 0 spiro atoms. The van der Waals surface area contributed by atoms with Crippen molar-refractivity contribution in [3.63, 3.8) is 0 Å². The van der Waals surface area contributed by atoms with E-state index in [1.54, 1.807) is 0 Å². The molecule has 1 heterocycles. The smallest absolute Gasteiger partial charge is 0.0715 e. The average molecular weight is 356 g/mol. The first-order valence-electron chi connectivity index (χ1n) is 9.38. The number of nitrogens with zero attached hydrogens (tertiary/aromatic N) is 1. The molecule has 0 saturated heterocycles. The first-order chi connectivity index (χ1) is 13.0. The molecule has 0 unspecified atom stereocenters. The van der Waals surface area contributed by atoms with Crippen molar-refractivity contribution in [3.05, 3.63) is 102 Å². The average Bonchev–Trinajstić information content (AvgIpc) is 2.64. The first-order valence-corrected chi connectivity index (χ1v) is 9.38. The summed E-state index contributed by atoms with van der Waals surface area (Å²) in [5.41, 5.74) is 8.96. The molecule has 1 aromatic heterocycles. The van der Waals surface area contributed by atoms with Crippen LogP contribution < -0.4 is 0 Å². The molecule has 1 aromatic carbocycles. The summed E-state index contributed by atoms with van der Waals surface area (Å²) in [6.45, 7) is 14.2. The summed E-state index contributed by atoms with van der Waals surface area (Å²) >= 11 is 0. The van der Waals surface area contributed by atoms with Crippen LogP contribution >= 0.6 is 0 Å². The highest BCUT2D eigenvalue weighted by Gasteiger charge is 2.10. The van der Waals surface area contributed by atoms with Crippen molar-refractivity contribution in [3.8, 4) is 11.3 Å². The van der Waals surface area contributed by atoms with Crippen molar-refractivity contribution in [2.75, 3.05) is 0 Å². The van der Waals surface area contributed by atoms with Crippen LogP contribution in [0.25, 0.3) is 22.4 Å². The van der Waals surface area contributed by atoms with Gasteiger partial charge in [0.05, 0.1) is 11.4 Å². The zero-order valence-corrected chi connectivity index (χ0v) is 17.1. The molecule has 0 bridgehead atoms. The summed E-state index contributed by atoms with van der Waals surface area (Å²) in [6, 6.07) is 10.9. The minimum absolute atomic E-state index is 0.948. The Bertz CT molecular complexity index is 916. The van der Waals surface area contributed by atoms with E-state index in [1.807, 2.05) is 32.1 Å². The highest BCUT2D eigenvalue weighted by molar-refractivity contribution is 5.81. The summed E-state index contributed by atoms with van der Waals surface area (Å²) in [6.07, 6.45) is 14.3. The van der Waals surface area contributed by atoms with Crippen molar-refractivity contribution in [1.29, 1.82) is 0 Å². The monoisotopic (exact) mass is 355 g/mol. The summed E-state index contributed by atoms with van der Waals surface area (Å²) in [5, 5.41) is 0. The predicted octanol–water partition coefficient (Wildman–Crippen LogP) is 7.49. The fraction of sp³-hybridized carbons (Fsp3) is 0.192. The standard InChI is InChI=1S/C26H29N/c1-7-11-21(10-4)23-17-25(22(12-8-2)13-9-3)27-26(18-23)24-15-19(5)14-20(6)16-24/h7-18H,2H2,1,3-6H3/b11-7-,13-9-,21-10+,22-12+. The molecular formula is C26H29N. The molecule has 1 heteroatoms. The van der Waals surface area contributed by atoms with Crippen LogP contribution in [0, 0.1) is 13.8 Å². The van der Waals surface area contributed by atoms with Crippen LogP contribution in [-0.2, 0) is 0 Å². The van der Waals surface area contributed by atoms with Gasteiger partial charge in [-0.25, -0.2) is 4.98 Å². The molecule has 0 aliphatic carbocycles. The Morgan fingerprint density at radius 3 is 2.04 bits per heavy atom. The molecular weight excluding hydrogens is 326 g/mol. The molecule has 2 aromatic rings. The lowest BCUT2D eigenvalue weighted by Gasteiger charge is -2.12. The lowest BCUT2D eigenvalue weighted by Crippen LogP contribution is -1.96. The van der Waals surface area contributed by atoms with Crippen molar-refractivity contribution >= 4 is 11.1 Å². The first kappa shape index (κ1) is 20.4. The zero-order valence-electron chi connectivity index (χ0n) is 17.1. The van der Waals surface area contributed by atoms with Crippen LogP contribution in [0.5, 0.6) is 0 Å². The highest BCUT2D eigenvalue weighted by Crippen LogP contribution is 2.28. The minimum atomic E-state index is 0.948. The van der Waals surface area contributed by atoms with Crippen molar-refractivity contribution in [2.24, 2.45) is 0 Å². The number of allylic oxidation sites excluding steroid dienone is 9. The lowest BCUT2D eigenvalue weighted by atomic mass is 9.98. The van der Waals surface area contributed by atoms with Crippen LogP contribution in [0.2, 0.25) is 0 Å². The predicted molar refractivity (Wildman–Crippen MR) is 121 cm³/mol. The molecule has 0 N–H and O–H groups in total. The van der Waals surface area contributed by atoms with Gasteiger partial charge in [-0.05, 0) is 75.6 Å². The lowest BCUT2D eigenvalue weighted by molar-refractivity contribution is 1.26. The number of benzene rings is 1. The molecule has 138 valence electrons. The third-order valence-electron chi connectivity index (χ3n) is 4.27. The summed E-state index contributed by atoms with van der Waals surface area (Å²) in [5.74, 6) is 0. The molecule has 0 radical (unpaired) electrons. The number of hydrogen-bond donors (Lipinski definition) is 0. The second kappa shape index (κ2) is 9.68. The van der Waals surface area contributed by atoms with E-state index in [-0.39, 0.29) is 0 Å². The van der Waals surface area contributed by atoms with Gasteiger partial charge in [-0.3, -0.25) is 0 Å². The second-order valence-corrected chi connectivity index (χ2v) is 6.60. The Morgan fingerprint density at radius 1 is 0.852 bits per heavy atom. The molecule has 0 amide bonds. The van der Waals surface area contributed by atoms with Gasteiger partial charge in [0, 0.05) is 5.56 Å². The van der Waals surface area contributed by atoms with Gasteiger partial charge < -0.3 is 0 Å². The van der Waals surface area contributed by atoms with Gasteiger partial charge in [0.2, 0.25) is 0 Å². The summed E-state index contributed by atoms with van der Waals surface area (Å²) < 4.78 is 0. The zero-order chi connectivity index (χ0) is 19.8. The van der Waals surface area contributed by atoms with Crippen LogP contribution in [-0.4, -0.2) is 4.98 Å². The van der Waals surface area contributed by atoms with E-state index < -0.39 is 0 Å². The maximum Gasteiger partial charge on any atom is 0.0715 e. The molecule has 2 rings (SSSR count). The van der Waals surface area contributed by atoms with Crippen LogP contribution in [0.4, 0.5) is 0 Å². The third-order valence-corrected chi connectivity index (χ3v) is 4.27. The van der Waals surface area contributed by atoms with E-state index in [1.165, 1.54) is 16.7 Å². The Balaban J connectivity index is 2.78. The molecule has 1 nitrogen and oxygen atoms in total. The van der Waals surface area contributed by atoms with E-state index in [0.29, 0.717) is 0 Å². The molecule has 0 saturated carbocycles. The van der Waals surface area contributed by atoms with Crippen LogP contribution in [0.3, 0.4) is 0 Å². The topological polar surface area (TPSA) is 12.9 Å². The van der Waals surface area contributed by atoms with E-state index in [4.69, 9.17) is 4.98 Å². The van der Waals surface area contributed by atoms with Crippen molar-refractivity contribution < 1.29 is 0 Å². The molecule has 0 atom stereocenters. The third kappa shape index (κ3) is 5.27. The van der Waals surface area contributed by atoms with Gasteiger partial charge in [-0.2, -0.15) is 0 Å². The van der Waals surface area contributed by atoms with E-state index >= 15 is 0 Å². The normalized spacial score (nSPS) is 12.9. The van der Waals surface area contributed by atoms with Crippen molar-refractivity contribution in [2.45, 2.75) is 34.6 Å². The van der Waals surface area contributed by atoms with Gasteiger partial charge in [0.15, 0.2) is 0 Å². The minimum Gasteiger partial charge on any atom is -0.248 e. The van der Waals surface area contributed by atoms with Gasteiger partial charge in [0.25, 0.3) is 0 Å². The van der Waals surface area contributed by atoms with Crippen LogP contribution in [0.15, 0.2) is 79.4 Å². The van der Waals surface area contributed by atoms with Gasteiger partial charge >= 0.3 is 0 Å². The summed E-state index contributed by atoms with van der Waals surface area (Å²) in [4.78, 5) is 4.98. The maximum absolute atomic E-state index is 4.98. The Labute approximate surface area is 164 Å². The van der Waals surface area contributed by atoms with Gasteiger partial charge in [0.1, 0.15) is 0 Å². The highest BCUT2D eigenvalue weighted by atomic mass is 14.7. The molecule has 0 aliphatic heterocycles. The van der Waals surface area contributed by atoms with Crippen LogP contribution in [0.1, 0.15) is 43.2 Å². The van der Waals surface area contributed by atoms with Gasteiger partial charge in [-0.15, -0.1) is 0 Å². The Morgan fingerprint density at radius 2 is 1.48 bits per heavy atom. The molecule has 0 fully saturated rings. The molecule has 27 heavy (non-hydrogen) atoms. The Hall–Kier alpha value is -2.93. The fourth-order valence-corrected chi connectivity index (χ4v) is 3.19. The van der Waals surface area contributed by atoms with Gasteiger partial charge in [-0.1, -0.05) is 66.3 Å². The van der Waals surface area contributed by atoms with E-state index in [2.05, 4.69) is 82.0 Å². The quantitative estimate of drug-likeness (QED) is 0.489. The summed E-state index contributed by atoms with van der Waals surface area (Å²) in [7, 11) is 0. The second-order valence-electron chi connectivity index (χ2n) is 6.60. The van der Waals surface area contributed by atoms with E-state index in [0.717, 1.165) is 28.1 Å². The Kier molecular flexibility index (Phi) is 7.31. The van der Waals surface area contributed by atoms with E-state index in [9.17, 15) is 0 Å². The largest absolute Gasteiger partial charge is 0.248 e. The molecule has 0 aliphatic rings. The SMILES string of the molecule is C=C/C=C(\C=C/C)c1cc(C(/C=C\C)=C/C)cc(-c2cc(C)cc(C)c2)n1. The van der Waals surface area contributed by atoms with Crippen molar-refractivity contribution in [1.82, 2.24) is 4.98 Å².